The predicted molar refractivity (Wildman–Crippen MR) is 117 cm³/mol. The summed E-state index contributed by atoms with van der Waals surface area (Å²) in [6.07, 6.45) is 2.92. The lowest BCUT2D eigenvalue weighted by Gasteiger charge is -2.47. The van der Waals surface area contributed by atoms with Gasteiger partial charge in [-0.25, -0.2) is 0 Å². The van der Waals surface area contributed by atoms with Crippen molar-refractivity contribution in [1.82, 2.24) is 0 Å². The van der Waals surface area contributed by atoms with Crippen molar-refractivity contribution >= 4 is 24.2 Å². The smallest absolute Gasteiger partial charge is 0.119 e. The molecule has 2 atom stereocenters. The van der Waals surface area contributed by atoms with Gasteiger partial charge < -0.3 is 15.6 Å². The molecule has 1 aliphatic rings. The standard InChI is InChI=1S/C22H29NO2S.ClH/c1-3-22(4-2)19-15-17(24)11-10-16(19)14-20(21(22)23)26-13-12-25-18-8-6-5-7-9-18;/h5-11,15,20-21,24H,3-4,12-14,23H2,1-2H3;1H/t20-,21+;/m0./s1. The van der Waals surface area contributed by atoms with Crippen molar-refractivity contribution in [2.75, 3.05) is 12.4 Å². The van der Waals surface area contributed by atoms with Gasteiger partial charge in [0.05, 0.1) is 6.61 Å². The minimum atomic E-state index is -0.0652. The zero-order chi connectivity index (χ0) is 18.6. The molecule has 0 aromatic heterocycles. The van der Waals surface area contributed by atoms with Gasteiger partial charge in [-0.05, 0) is 54.7 Å². The first-order chi connectivity index (χ1) is 12.6. The molecule has 2 aromatic rings. The Labute approximate surface area is 173 Å². The lowest BCUT2D eigenvalue weighted by molar-refractivity contribution is 0.289. The van der Waals surface area contributed by atoms with E-state index in [1.165, 1.54) is 11.1 Å². The summed E-state index contributed by atoms with van der Waals surface area (Å²) in [4.78, 5) is 0. The number of hydrogen-bond donors (Lipinski definition) is 2. The van der Waals surface area contributed by atoms with Crippen LogP contribution >= 0.6 is 24.2 Å². The number of para-hydroxylation sites is 1. The second-order valence-electron chi connectivity index (χ2n) is 7.01. The Morgan fingerprint density at radius 3 is 2.52 bits per heavy atom. The van der Waals surface area contributed by atoms with E-state index in [2.05, 4.69) is 19.9 Å². The molecule has 27 heavy (non-hydrogen) atoms. The monoisotopic (exact) mass is 407 g/mol. The molecule has 0 radical (unpaired) electrons. The molecule has 0 spiro atoms. The summed E-state index contributed by atoms with van der Waals surface area (Å²) in [5.74, 6) is 2.17. The van der Waals surface area contributed by atoms with Gasteiger partial charge in [0.15, 0.2) is 0 Å². The van der Waals surface area contributed by atoms with E-state index in [9.17, 15) is 5.11 Å². The molecule has 1 aliphatic carbocycles. The summed E-state index contributed by atoms with van der Waals surface area (Å²) < 4.78 is 5.83. The molecule has 0 saturated heterocycles. The van der Waals surface area contributed by atoms with Crippen molar-refractivity contribution in [3.05, 3.63) is 59.7 Å². The molecule has 5 heteroatoms. The molecular formula is C22H30ClNO2S. The van der Waals surface area contributed by atoms with Gasteiger partial charge in [-0.2, -0.15) is 11.8 Å². The van der Waals surface area contributed by atoms with Crippen molar-refractivity contribution in [3.63, 3.8) is 0 Å². The van der Waals surface area contributed by atoms with Crippen LogP contribution in [0, 0.1) is 0 Å². The highest BCUT2D eigenvalue weighted by Gasteiger charge is 2.44. The number of phenols is 1. The van der Waals surface area contributed by atoms with E-state index in [4.69, 9.17) is 10.5 Å². The summed E-state index contributed by atoms with van der Waals surface area (Å²) in [6.45, 7) is 5.11. The summed E-state index contributed by atoms with van der Waals surface area (Å²) in [5.41, 5.74) is 9.30. The van der Waals surface area contributed by atoms with Crippen molar-refractivity contribution in [3.8, 4) is 11.5 Å². The minimum absolute atomic E-state index is 0. The summed E-state index contributed by atoms with van der Waals surface area (Å²) in [5, 5.41) is 10.3. The molecule has 2 aromatic carbocycles. The number of rotatable bonds is 7. The van der Waals surface area contributed by atoms with Gasteiger partial charge in [0.1, 0.15) is 11.5 Å². The molecule has 0 amide bonds. The van der Waals surface area contributed by atoms with Crippen LogP contribution in [0.1, 0.15) is 37.8 Å². The maximum absolute atomic E-state index is 9.98. The molecule has 0 aliphatic heterocycles. The highest BCUT2D eigenvalue weighted by Crippen LogP contribution is 2.45. The van der Waals surface area contributed by atoms with E-state index in [-0.39, 0.29) is 23.9 Å². The molecule has 0 unspecified atom stereocenters. The Bertz CT molecular complexity index is 722. The van der Waals surface area contributed by atoms with Crippen molar-refractivity contribution < 1.29 is 9.84 Å². The quantitative estimate of drug-likeness (QED) is 0.638. The third-order valence-electron chi connectivity index (χ3n) is 5.78. The van der Waals surface area contributed by atoms with E-state index in [0.717, 1.165) is 30.8 Å². The van der Waals surface area contributed by atoms with Crippen LogP contribution < -0.4 is 10.5 Å². The first-order valence-corrected chi connectivity index (χ1v) is 10.5. The number of thioether (sulfide) groups is 1. The lowest BCUT2D eigenvalue weighted by atomic mass is 9.63. The average Bonchev–Trinajstić information content (AvgIpc) is 2.67. The Hall–Kier alpha value is -1.36. The number of ether oxygens (including phenoxy) is 1. The van der Waals surface area contributed by atoms with E-state index < -0.39 is 0 Å². The second-order valence-corrected chi connectivity index (χ2v) is 8.35. The Balaban J connectivity index is 0.00000261. The summed E-state index contributed by atoms with van der Waals surface area (Å²) in [7, 11) is 0. The molecule has 3 N–H and O–H groups in total. The number of phenolic OH excluding ortho intramolecular Hbond substituents is 1. The maximum atomic E-state index is 9.98. The SMILES string of the molecule is CCC1(CC)c2cc(O)ccc2C[C@H](SCCOc2ccccc2)[C@H]1N.Cl. The first-order valence-electron chi connectivity index (χ1n) is 9.48. The number of fused-ring (bicyclic) bond motifs is 1. The highest BCUT2D eigenvalue weighted by atomic mass is 35.5. The molecule has 0 saturated carbocycles. The average molecular weight is 408 g/mol. The Morgan fingerprint density at radius 2 is 1.85 bits per heavy atom. The topological polar surface area (TPSA) is 55.5 Å². The largest absolute Gasteiger partial charge is 0.508 e. The van der Waals surface area contributed by atoms with Crippen molar-refractivity contribution in [2.24, 2.45) is 5.73 Å². The fourth-order valence-corrected chi connectivity index (χ4v) is 5.47. The highest BCUT2D eigenvalue weighted by molar-refractivity contribution is 8.00. The van der Waals surface area contributed by atoms with Crippen LogP contribution in [0.3, 0.4) is 0 Å². The summed E-state index contributed by atoms with van der Waals surface area (Å²) in [6, 6.07) is 15.8. The number of halogens is 1. The number of benzene rings is 2. The zero-order valence-electron chi connectivity index (χ0n) is 16.1. The lowest BCUT2D eigenvalue weighted by Crippen LogP contribution is -2.55. The molecule has 3 nitrogen and oxygen atoms in total. The molecular weight excluding hydrogens is 378 g/mol. The van der Waals surface area contributed by atoms with Gasteiger partial charge in [0.25, 0.3) is 0 Å². The van der Waals surface area contributed by atoms with Crippen LogP contribution in [-0.4, -0.2) is 28.8 Å². The van der Waals surface area contributed by atoms with Crippen LogP contribution in [0.5, 0.6) is 11.5 Å². The van der Waals surface area contributed by atoms with Crippen LogP contribution in [0.15, 0.2) is 48.5 Å². The van der Waals surface area contributed by atoms with E-state index in [1.807, 2.05) is 48.2 Å². The maximum Gasteiger partial charge on any atom is 0.119 e. The fraction of sp³-hybridized carbons (Fsp3) is 0.455. The van der Waals surface area contributed by atoms with E-state index >= 15 is 0 Å². The second kappa shape index (κ2) is 9.72. The van der Waals surface area contributed by atoms with Crippen molar-refractivity contribution in [2.45, 2.75) is 49.8 Å². The Kier molecular flexibility index (Phi) is 7.90. The fourth-order valence-electron chi connectivity index (χ4n) is 4.23. The van der Waals surface area contributed by atoms with E-state index in [0.29, 0.717) is 17.6 Å². The van der Waals surface area contributed by atoms with Crippen molar-refractivity contribution in [1.29, 1.82) is 0 Å². The molecule has 0 fully saturated rings. The first kappa shape index (κ1) is 21.9. The van der Waals surface area contributed by atoms with Gasteiger partial charge in [-0.3, -0.25) is 0 Å². The predicted octanol–water partition coefficient (Wildman–Crippen LogP) is 4.94. The molecule has 3 rings (SSSR count). The summed E-state index contributed by atoms with van der Waals surface area (Å²) >= 11 is 1.91. The van der Waals surface area contributed by atoms with Crippen LogP contribution in [0.25, 0.3) is 0 Å². The van der Waals surface area contributed by atoms with Crippen LogP contribution in [0.2, 0.25) is 0 Å². The van der Waals surface area contributed by atoms with Gasteiger partial charge in [0, 0.05) is 22.5 Å². The van der Waals surface area contributed by atoms with Gasteiger partial charge in [0.2, 0.25) is 0 Å². The van der Waals surface area contributed by atoms with Gasteiger partial charge in [-0.15, -0.1) is 12.4 Å². The Morgan fingerprint density at radius 1 is 1.15 bits per heavy atom. The van der Waals surface area contributed by atoms with Crippen LogP contribution in [-0.2, 0) is 11.8 Å². The number of aromatic hydroxyl groups is 1. The number of hydrogen-bond acceptors (Lipinski definition) is 4. The normalized spacial score (nSPS) is 20.4. The van der Waals surface area contributed by atoms with Crippen LogP contribution in [0.4, 0.5) is 0 Å². The van der Waals surface area contributed by atoms with E-state index in [1.54, 1.807) is 6.07 Å². The molecule has 0 heterocycles. The molecule has 0 bridgehead atoms. The minimum Gasteiger partial charge on any atom is -0.508 e. The van der Waals surface area contributed by atoms with Gasteiger partial charge >= 0.3 is 0 Å². The zero-order valence-corrected chi connectivity index (χ0v) is 17.7. The third kappa shape index (κ3) is 4.56. The molecule has 148 valence electrons. The number of nitrogens with two attached hydrogens (primary N) is 1. The van der Waals surface area contributed by atoms with Gasteiger partial charge in [-0.1, -0.05) is 38.1 Å². The third-order valence-corrected chi connectivity index (χ3v) is 7.07.